The number of amidine groups is 1. The molecule has 2 heterocycles. The number of rotatable bonds is 4. The van der Waals surface area contributed by atoms with Gasteiger partial charge in [0.15, 0.2) is 11.9 Å². The Morgan fingerprint density at radius 2 is 1.76 bits per heavy atom. The van der Waals surface area contributed by atoms with Crippen LogP contribution in [0, 0.1) is 0 Å². The first kappa shape index (κ1) is 22.6. The van der Waals surface area contributed by atoms with E-state index in [-0.39, 0.29) is 11.3 Å². The van der Waals surface area contributed by atoms with Gasteiger partial charge in [0.2, 0.25) is 0 Å². The smallest absolute Gasteiger partial charge is 0.377 e. The van der Waals surface area contributed by atoms with Gasteiger partial charge in [-0.1, -0.05) is 35.3 Å². The number of nitrogens with zero attached hydrogens (tertiary/aromatic N) is 4. The van der Waals surface area contributed by atoms with Crippen molar-refractivity contribution in [3.05, 3.63) is 69.4 Å². The molecule has 2 aliphatic rings. The van der Waals surface area contributed by atoms with Crippen molar-refractivity contribution < 1.29 is 23.9 Å². The molecular weight excluding hydrogens is 471 g/mol. The fourth-order valence-corrected chi connectivity index (χ4v) is 3.67. The first-order valence-electron chi connectivity index (χ1n) is 9.63. The topological polar surface area (TPSA) is 93.0 Å². The van der Waals surface area contributed by atoms with Crippen molar-refractivity contribution in [2.24, 2.45) is 10.1 Å². The molecule has 0 saturated carbocycles. The van der Waals surface area contributed by atoms with Crippen LogP contribution in [0.15, 0.2) is 63.9 Å². The molecule has 0 N–H and O–H groups in total. The fourth-order valence-electron chi connectivity index (χ4n) is 3.38. The number of carbonyl (C=O) groups is 2. The summed E-state index contributed by atoms with van der Waals surface area (Å²) in [5.74, 6) is -1.59. The Labute approximate surface area is 199 Å². The number of halogens is 2. The van der Waals surface area contributed by atoms with E-state index in [1.54, 1.807) is 55.7 Å². The highest BCUT2D eigenvalue weighted by molar-refractivity contribution is 6.31. The molecule has 2 aromatic rings. The normalized spacial score (nSPS) is 16.7. The minimum absolute atomic E-state index is 0.0673. The molecule has 0 saturated heterocycles. The molecule has 2 aliphatic heterocycles. The van der Waals surface area contributed by atoms with Gasteiger partial charge < -0.3 is 14.3 Å². The Kier molecular flexibility index (Phi) is 6.26. The highest BCUT2D eigenvalue weighted by Gasteiger charge is 2.49. The predicted octanol–water partition coefficient (Wildman–Crippen LogP) is 3.72. The Hall–Kier alpha value is -3.56. The van der Waals surface area contributed by atoms with Gasteiger partial charge in [0, 0.05) is 17.1 Å². The highest BCUT2D eigenvalue weighted by Crippen LogP contribution is 2.43. The van der Waals surface area contributed by atoms with Crippen molar-refractivity contribution >= 4 is 58.6 Å². The summed E-state index contributed by atoms with van der Waals surface area (Å²) in [5.41, 5.74) is 1.71. The van der Waals surface area contributed by atoms with E-state index in [4.69, 9.17) is 37.5 Å². The number of ether oxygens (including phenoxy) is 2. The van der Waals surface area contributed by atoms with E-state index in [9.17, 15) is 9.59 Å². The first-order chi connectivity index (χ1) is 15.8. The minimum atomic E-state index is -0.940. The Balaban J connectivity index is 1.81. The Bertz CT molecular complexity index is 1210. The summed E-state index contributed by atoms with van der Waals surface area (Å²) >= 11 is 12.1. The number of benzene rings is 2. The van der Waals surface area contributed by atoms with E-state index in [0.717, 1.165) is 5.56 Å². The molecule has 0 aromatic heterocycles. The molecular formula is C22H18Cl2N4O5. The second-order valence-corrected chi connectivity index (χ2v) is 7.84. The molecule has 0 fully saturated rings. The van der Waals surface area contributed by atoms with E-state index >= 15 is 0 Å². The second-order valence-electron chi connectivity index (χ2n) is 6.97. The quantitative estimate of drug-likeness (QED) is 0.367. The molecule has 0 spiro atoms. The predicted molar refractivity (Wildman–Crippen MR) is 124 cm³/mol. The zero-order chi connectivity index (χ0) is 23.7. The van der Waals surface area contributed by atoms with Gasteiger partial charge in [-0.3, -0.25) is 5.01 Å². The van der Waals surface area contributed by atoms with Crippen LogP contribution in [0.25, 0.3) is 0 Å². The van der Waals surface area contributed by atoms with Crippen molar-refractivity contribution in [3.63, 3.8) is 0 Å². The monoisotopic (exact) mass is 488 g/mol. The van der Waals surface area contributed by atoms with Crippen molar-refractivity contribution in [1.82, 2.24) is 5.01 Å². The van der Waals surface area contributed by atoms with Gasteiger partial charge in [-0.2, -0.15) is 10.2 Å². The Morgan fingerprint density at radius 1 is 1.09 bits per heavy atom. The van der Waals surface area contributed by atoms with Crippen LogP contribution < -0.4 is 5.06 Å². The van der Waals surface area contributed by atoms with E-state index in [2.05, 4.69) is 10.1 Å². The van der Waals surface area contributed by atoms with Gasteiger partial charge in [-0.05, 0) is 35.9 Å². The molecule has 4 rings (SSSR count). The zero-order valence-corrected chi connectivity index (χ0v) is 19.3. The summed E-state index contributed by atoms with van der Waals surface area (Å²) < 4.78 is 9.74. The molecule has 0 radical (unpaired) electrons. The first-order valence-corrected chi connectivity index (χ1v) is 10.4. The lowest BCUT2D eigenvalue weighted by Gasteiger charge is -2.33. The molecule has 9 nitrogen and oxygen atoms in total. The van der Waals surface area contributed by atoms with Gasteiger partial charge >= 0.3 is 11.9 Å². The molecule has 2 aromatic carbocycles. The van der Waals surface area contributed by atoms with Crippen LogP contribution in [0.1, 0.15) is 5.56 Å². The molecule has 1 unspecified atom stereocenters. The molecule has 1 atom stereocenters. The number of carbonyl (C=O) groups excluding carboxylic acids is 2. The number of hydrazone groups is 1. The number of fused-ring (bicyclic) bond motifs is 3. The lowest BCUT2D eigenvalue weighted by molar-refractivity contribution is -0.141. The largest absolute Gasteiger partial charge is 0.465 e. The number of hydrogen-bond acceptors (Lipinski definition) is 9. The lowest BCUT2D eigenvalue weighted by atomic mass is 10.0. The fraction of sp³-hybridized carbons (Fsp3) is 0.182. The van der Waals surface area contributed by atoms with Crippen molar-refractivity contribution in [2.45, 2.75) is 6.04 Å². The van der Waals surface area contributed by atoms with Crippen molar-refractivity contribution in [3.8, 4) is 0 Å². The average molecular weight is 489 g/mol. The lowest BCUT2D eigenvalue weighted by Crippen LogP contribution is -2.47. The van der Waals surface area contributed by atoms with E-state index in [1.165, 1.54) is 24.3 Å². The van der Waals surface area contributed by atoms with Crippen LogP contribution in [0.2, 0.25) is 10.0 Å². The molecule has 11 heteroatoms. The van der Waals surface area contributed by atoms with Gasteiger partial charge in [-0.15, -0.1) is 0 Å². The molecule has 0 amide bonds. The van der Waals surface area contributed by atoms with Crippen LogP contribution >= 0.6 is 23.2 Å². The zero-order valence-electron chi connectivity index (χ0n) is 17.8. The number of likely N-dealkylation sites (N-methyl/N-ethyl adjacent to an activating group) is 1. The van der Waals surface area contributed by atoms with Crippen molar-refractivity contribution in [2.75, 3.05) is 26.3 Å². The number of hydrogen-bond donors (Lipinski definition) is 0. The standard InChI is InChI=1S/C22H18Cl2N4O5/c1-27(25-11-12-4-6-13(23)7-5-12)20-18-17(21(29)31-2)19(22(30)32-3)33-28(18)16-10-14(24)8-9-15(16)26-20/h4-11,18H,1-3H3/b25-11+. The minimum Gasteiger partial charge on any atom is -0.465 e. The van der Waals surface area contributed by atoms with Crippen LogP contribution in [0.4, 0.5) is 11.4 Å². The summed E-state index contributed by atoms with van der Waals surface area (Å²) in [7, 11) is 4.06. The van der Waals surface area contributed by atoms with E-state index in [0.29, 0.717) is 27.3 Å². The van der Waals surface area contributed by atoms with Crippen LogP contribution in [0.3, 0.4) is 0 Å². The third-order valence-electron chi connectivity index (χ3n) is 4.95. The third-order valence-corrected chi connectivity index (χ3v) is 5.44. The number of hydroxylamine groups is 1. The second kappa shape index (κ2) is 9.13. The molecule has 0 aliphatic carbocycles. The molecule has 33 heavy (non-hydrogen) atoms. The van der Waals surface area contributed by atoms with Crippen LogP contribution in [-0.4, -0.2) is 56.3 Å². The Morgan fingerprint density at radius 3 is 2.42 bits per heavy atom. The van der Waals surface area contributed by atoms with Crippen molar-refractivity contribution in [1.29, 1.82) is 0 Å². The highest BCUT2D eigenvalue weighted by atomic mass is 35.5. The molecule has 0 bridgehead atoms. The van der Waals surface area contributed by atoms with Gasteiger partial charge in [0.05, 0.1) is 26.1 Å². The summed E-state index contributed by atoms with van der Waals surface area (Å²) in [6.45, 7) is 0. The number of aliphatic imine (C=N–C) groups is 1. The summed E-state index contributed by atoms with van der Waals surface area (Å²) in [5, 5.41) is 8.33. The number of anilines is 1. The molecule has 170 valence electrons. The maximum atomic E-state index is 12.7. The number of esters is 2. The third kappa shape index (κ3) is 4.24. The SMILES string of the molecule is COC(=O)C1=C(C(=O)OC)C2C(N(C)/N=C/c3ccc(Cl)cc3)=Nc3ccc(Cl)cc3N2O1. The average Bonchev–Trinajstić information content (AvgIpc) is 3.23. The van der Waals surface area contributed by atoms with Crippen LogP contribution in [0.5, 0.6) is 0 Å². The van der Waals surface area contributed by atoms with Gasteiger partial charge in [-0.25, -0.2) is 14.6 Å². The van der Waals surface area contributed by atoms with Crippen LogP contribution in [-0.2, 0) is 23.9 Å². The maximum absolute atomic E-state index is 12.7. The number of methoxy groups -OCH3 is 2. The maximum Gasteiger partial charge on any atom is 0.377 e. The van der Waals surface area contributed by atoms with Gasteiger partial charge in [0.25, 0.3) is 5.76 Å². The van der Waals surface area contributed by atoms with Gasteiger partial charge in [0.1, 0.15) is 11.3 Å². The summed E-state index contributed by atoms with van der Waals surface area (Å²) in [4.78, 5) is 35.6. The summed E-state index contributed by atoms with van der Waals surface area (Å²) in [6.07, 6.45) is 1.61. The van der Waals surface area contributed by atoms with E-state index < -0.39 is 18.0 Å². The summed E-state index contributed by atoms with van der Waals surface area (Å²) in [6, 6.07) is 11.1. The van der Waals surface area contributed by atoms with E-state index in [1.807, 2.05) is 0 Å².